The second-order valence-electron chi connectivity index (χ2n) is 6.72. The second kappa shape index (κ2) is 8.44. The topological polar surface area (TPSA) is 113 Å². The summed E-state index contributed by atoms with van der Waals surface area (Å²) in [5, 5.41) is 18.8. The van der Waals surface area contributed by atoms with Crippen LogP contribution in [0.15, 0.2) is 36.4 Å². The first-order chi connectivity index (χ1) is 14.7. The van der Waals surface area contributed by atoms with Crippen molar-refractivity contribution in [3.8, 4) is 0 Å². The number of hydrogen-bond acceptors (Lipinski definition) is 5. The van der Waals surface area contributed by atoms with Crippen LogP contribution in [0.25, 0.3) is 0 Å². The van der Waals surface area contributed by atoms with Gasteiger partial charge in [-0.15, -0.1) is 23.2 Å². The Labute approximate surface area is 200 Å². The number of aromatic nitrogens is 4. The molecule has 1 aliphatic rings. The maximum Gasteiger partial charge on any atom is 0.259 e. The van der Waals surface area contributed by atoms with E-state index >= 15 is 0 Å². The zero-order chi connectivity index (χ0) is 22.3. The molecule has 1 saturated carbocycles. The molecule has 3 N–H and O–H groups in total. The maximum atomic E-state index is 12.9. The van der Waals surface area contributed by atoms with E-state index in [0.717, 1.165) is 0 Å². The van der Waals surface area contributed by atoms with Gasteiger partial charge in [0.1, 0.15) is 4.33 Å². The lowest BCUT2D eigenvalue weighted by molar-refractivity contribution is -0.117. The monoisotopic (exact) mass is 518 g/mol. The Morgan fingerprint density at radius 1 is 1.00 bits per heavy atom. The number of carbonyl (C=O) groups excluding carboxylic acids is 2. The highest BCUT2D eigenvalue weighted by molar-refractivity contribution is 6.53. The summed E-state index contributed by atoms with van der Waals surface area (Å²) in [5.74, 6) is -2.20. The van der Waals surface area contributed by atoms with E-state index in [0.29, 0.717) is 21.3 Å². The zero-order valence-electron chi connectivity index (χ0n) is 15.2. The Bertz CT molecular complexity index is 1150. The Morgan fingerprint density at radius 2 is 1.71 bits per heavy atom. The van der Waals surface area contributed by atoms with Gasteiger partial charge in [0.15, 0.2) is 0 Å². The van der Waals surface area contributed by atoms with E-state index in [-0.39, 0.29) is 16.5 Å². The molecular weight excluding hydrogens is 510 g/mol. The highest BCUT2D eigenvalue weighted by Gasteiger charge is 2.67. The number of hydrogen-bond donors (Lipinski definition) is 3. The van der Waals surface area contributed by atoms with Gasteiger partial charge in [0, 0.05) is 21.7 Å². The Balaban J connectivity index is 1.51. The third-order valence-corrected chi connectivity index (χ3v) is 6.34. The Morgan fingerprint density at radius 3 is 2.35 bits per heavy atom. The molecule has 2 aromatic carbocycles. The van der Waals surface area contributed by atoms with Gasteiger partial charge in [-0.25, -0.2) is 5.10 Å². The van der Waals surface area contributed by atoms with Crippen molar-refractivity contribution in [3.05, 3.63) is 62.6 Å². The van der Waals surface area contributed by atoms with Crippen molar-refractivity contribution in [2.75, 3.05) is 10.6 Å². The summed E-state index contributed by atoms with van der Waals surface area (Å²) in [6, 6.07) is 9.33. The molecule has 0 saturated heterocycles. The molecule has 0 aliphatic heterocycles. The second-order valence-corrected chi connectivity index (χ2v) is 9.44. The van der Waals surface area contributed by atoms with Crippen molar-refractivity contribution < 1.29 is 9.59 Å². The van der Waals surface area contributed by atoms with E-state index in [1.54, 1.807) is 24.3 Å². The minimum atomic E-state index is -1.33. The third-order valence-electron chi connectivity index (χ3n) is 4.64. The van der Waals surface area contributed by atoms with Crippen molar-refractivity contribution in [2.45, 2.75) is 10.3 Å². The summed E-state index contributed by atoms with van der Waals surface area (Å²) >= 11 is 31.0. The van der Waals surface area contributed by atoms with Crippen LogP contribution in [-0.4, -0.2) is 36.8 Å². The van der Waals surface area contributed by atoms with Crippen LogP contribution in [0.1, 0.15) is 21.8 Å². The molecule has 2 atom stereocenters. The van der Waals surface area contributed by atoms with Crippen molar-refractivity contribution >= 4 is 81.5 Å². The van der Waals surface area contributed by atoms with Gasteiger partial charge in [-0.2, -0.15) is 0 Å². The van der Waals surface area contributed by atoms with E-state index < -0.39 is 28.0 Å². The molecule has 4 rings (SSSR count). The third kappa shape index (κ3) is 4.58. The number of halogens is 5. The fourth-order valence-electron chi connectivity index (χ4n) is 3.21. The summed E-state index contributed by atoms with van der Waals surface area (Å²) in [6.07, 6.45) is 0. The number of rotatable bonds is 5. The number of anilines is 2. The van der Waals surface area contributed by atoms with Crippen LogP contribution in [-0.2, 0) is 4.79 Å². The lowest BCUT2D eigenvalue weighted by Gasteiger charge is -2.09. The lowest BCUT2D eigenvalue weighted by Crippen LogP contribution is -2.18. The number of alkyl halides is 2. The number of aromatic amines is 1. The predicted molar refractivity (Wildman–Crippen MR) is 119 cm³/mol. The normalized spacial score (nSPS) is 19.0. The van der Waals surface area contributed by atoms with E-state index in [2.05, 4.69) is 31.3 Å². The number of benzene rings is 2. The van der Waals surface area contributed by atoms with Gasteiger partial charge in [-0.3, -0.25) is 14.9 Å². The molecule has 2 unspecified atom stereocenters. The first-order valence-electron chi connectivity index (χ1n) is 8.66. The molecule has 0 spiro atoms. The van der Waals surface area contributed by atoms with E-state index in [4.69, 9.17) is 58.0 Å². The van der Waals surface area contributed by atoms with Crippen LogP contribution in [0, 0.1) is 5.92 Å². The fourth-order valence-corrected chi connectivity index (χ4v) is 4.78. The van der Waals surface area contributed by atoms with Crippen LogP contribution in [0.4, 0.5) is 11.6 Å². The van der Waals surface area contributed by atoms with Gasteiger partial charge in [-0.05, 0) is 52.4 Å². The SMILES string of the molecule is O=C(Nc1nnn[nH]1)c1cc(NC(=O)C2C(c3cc(Cl)cc(Cl)c3)C2(Cl)Cl)ccc1Cl. The number of tetrazole rings is 1. The fraction of sp³-hybridized carbons (Fsp3) is 0.167. The van der Waals surface area contributed by atoms with Crippen LogP contribution in [0.2, 0.25) is 15.1 Å². The van der Waals surface area contributed by atoms with E-state index in [1.165, 1.54) is 12.1 Å². The molecule has 8 nitrogen and oxygen atoms in total. The van der Waals surface area contributed by atoms with Gasteiger partial charge in [-0.1, -0.05) is 39.9 Å². The molecular formula is C18H11Cl5N6O2. The summed E-state index contributed by atoms with van der Waals surface area (Å²) in [7, 11) is 0. The molecule has 0 bridgehead atoms. The molecule has 0 radical (unpaired) electrons. The van der Waals surface area contributed by atoms with Crippen LogP contribution < -0.4 is 10.6 Å². The number of amides is 2. The van der Waals surface area contributed by atoms with Crippen LogP contribution in [0.5, 0.6) is 0 Å². The minimum absolute atomic E-state index is 0.0468. The maximum absolute atomic E-state index is 12.9. The van der Waals surface area contributed by atoms with E-state index in [9.17, 15) is 9.59 Å². The molecule has 3 aromatic rings. The van der Waals surface area contributed by atoms with Crippen molar-refractivity contribution in [1.29, 1.82) is 0 Å². The molecule has 2 amide bonds. The predicted octanol–water partition coefficient (Wildman–Crippen LogP) is 4.94. The summed E-state index contributed by atoms with van der Waals surface area (Å²) in [5.41, 5.74) is 1.08. The summed E-state index contributed by atoms with van der Waals surface area (Å²) in [4.78, 5) is 25.3. The van der Waals surface area contributed by atoms with Crippen molar-refractivity contribution in [3.63, 3.8) is 0 Å². The van der Waals surface area contributed by atoms with Crippen molar-refractivity contribution in [2.24, 2.45) is 5.92 Å². The summed E-state index contributed by atoms with van der Waals surface area (Å²) < 4.78 is -1.33. The van der Waals surface area contributed by atoms with Gasteiger partial charge in [0.25, 0.3) is 5.91 Å². The van der Waals surface area contributed by atoms with Gasteiger partial charge < -0.3 is 5.32 Å². The molecule has 1 aromatic heterocycles. The van der Waals surface area contributed by atoms with Crippen molar-refractivity contribution in [1.82, 2.24) is 20.6 Å². The van der Waals surface area contributed by atoms with Crippen LogP contribution >= 0.6 is 58.0 Å². The smallest absolute Gasteiger partial charge is 0.259 e. The standard InChI is InChI=1S/C18H11Cl5N6O2/c19-8-3-7(4-9(20)5-8)13-14(18(13,22)23)16(31)24-10-1-2-12(21)11(6-10)15(30)25-17-26-28-29-27-17/h1-6,13-14H,(H,24,31)(H2,25,26,27,28,29,30). The average molecular weight is 521 g/mol. The molecule has 1 fully saturated rings. The molecule has 1 heterocycles. The van der Waals surface area contributed by atoms with Gasteiger partial charge in [0.05, 0.1) is 16.5 Å². The summed E-state index contributed by atoms with van der Waals surface area (Å²) in [6.45, 7) is 0. The lowest BCUT2D eigenvalue weighted by atomic mass is 10.1. The Hall–Kier alpha value is -2.10. The number of H-pyrrole nitrogens is 1. The highest BCUT2D eigenvalue weighted by atomic mass is 35.5. The average Bonchev–Trinajstić information content (AvgIpc) is 2.99. The minimum Gasteiger partial charge on any atom is -0.326 e. The van der Waals surface area contributed by atoms with Gasteiger partial charge >= 0.3 is 0 Å². The molecule has 160 valence electrons. The molecule has 1 aliphatic carbocycles. The largest absolute Gasteiger partial charge is 0.326 e. The number of carbonyl (C=O) groups is 2. The number of nitrogens with zero attached hydrogens (tertiary/aromatic N) is 3. The molecule has 31 heavy (non-hydrogen) atoms. The van der Waals surface area contributed by atoms with E-state index in [1.807, 2.05) is 0 Å². The Kier molecular flexibility index (Phi) is 6.02. The highest BCUT2D eigenvalue weighted by Crippen LogP contribution is 2.65. The molecule has 13 heteroatoms. The van der Waals surface area contributed by atoms with Crippen LogP contribution in [0.3, 0.4) is 0 Å². The van der Waals surface area contributed by atoms with Gasteiger partial charge in [0.2, 0.25) is 11.9 Å². The number of nitrogens with one attached hydrogen (secondary N) is 3. The zero-order valence-corrected chi connectivity index (χ0v) is 18.9. The quantitative estimate of drug-likeness (QED) is 0.413. The first kappa shape index (κ1) is 22.1. The first-order valence-corrected chi connectivity index (χ1v) is 10.5.